The Morgan fingerprint density at radius 2 is 1.89 bits per heavy atom. The van der Waals surface area contributed by atoms with Crippen molar-refractivity contribution in [2.45, 2.75) is 35.6 Å². The van der Waals surface area contributed by atoms with Gasteiger partial charge in [0.1, 0.15) is 0 Å². The number of benzene rings is 1. The van der Waals surface area contributed by atoms with Gasteiger partial charge >= 0.3 is 6.18 Å². The molecule has 1 aliphatic rings. The minimum atomic E-state index is -4.26. The Hall–Kier alpha value is -0.680. The average molecular weight is 275 g/mol. The summed E-state index contributed by atoms with van der Waals surface area (Å²) in [5.41, 5.74) is -0.507. The molecule has 100 valence electrons. The van der Waals surface area contributed by atoms with E-state index in [9.17, 15) is 13.2 Å². The van der Waals surface area contributed by atoms with Gasteiger partial charge in [-0.05, 0) is 44.5 Å². The molecule has 0 spiro atoms. The lowest BCUT2D eigenvalue weighted by Crippen LogP contribution is -2.14. The maximum Gasteiger partial charge on any atom is 0.417 e. The predicted octanol–water partition coefficient (Wildman–Crippen LogP) is 3.94. The van der Waals surface area contributed by atoms with E-state index >= 15 is 0 Å². The summed E-state index contributed by atoms with van der Waals surface area (Å²) in [5, 5.41) is 3.55. The Bertz CT molecular complexity index is 384. The molecular weight excluding hydrogens is 259 g/mol. The highest BCUT2D eigenvalue weighted by Crippen LogP contribution is 2.39. The van der Waals surface area contributed by atoms with Crippen LogP contribution in [0, 0.1) is 0 Å². The van der Waals surface area contributed by atoms with Gasteiger partial charge in [-0.15, -0.1) is 11.8 Å². The van der Waals surface area contributed by atoms with E-state index in [0.29, 0.717) is 4.90 Å². The van der Waals surface area contributed by atoms with Crippen molar-refractivity contribution in [1.29, 1.82) is 0 Å². The summed E-state index contributed by atoms with van der Waals surface area (Å²) >= 11 is 1.37. The van der Waals surface area contributed by atoms with Crippen molar-refractivity contribution in [3.8, 4) is 0 Å². The van der Waals surface area contributed by atoms with Gasteiger partial charge in [0, 0.05) is 10.1 Å². The molecule has 1 aromatic rings. The Labute approximate surface area is 109 Å². The summed E-state index contributed by atoms with van der Waals surface area (Å²) in [7, 11) is 0. The van der Waals surface area contributed by atoms with Gasteiger partial charge in [0.2, 0.25) is 0 Å². The van der Waals surface area contributed by atoms with Crippen LogP contribution in [-0.2, 0) is 6.18 Å². The zero-order chi connectivity index (χ0) is 13.0. The maximum absolute atomic E-state index is 12.9. The number of hydrogen-bond acceptors (Lipinski definition) is 2. The van der Waals surface area contributed by atoms with Crippen LogP contribution in [0.25, 0.3) is 0 Å². The Morgan fingerprint density at radius 3 is 2.67 bits per heavy atom. The zero-order valence-electron chi connectivity index (χ0n) is 9.96. The fourth-order valence-corrected chi connectivity index (χ4v) is 3.44. The van der Waals surface area contributed by atoms with Crippen LogP contribution in [0.3, 0.4) is 0 Å². The van der Waals surface area contributed by atoms with E-state index in [0.717, 1.165) is 38.4 Å². The van der Waals surface area contributed by atoms with E-state index in [2.05, 4.69) is 5.32 Å². The molecule has 0 saturated carbocycles. The van der Waals surface area contributed by atoms with Gasteiger partial charge in [0.15, 0.2) is 0 Å². The average Bonchev–Trinajstić information content (AvgIpc) is 2.57. The molecule has 1 saturated heterocycles. The summed E-state index contributed by atoms with van der Waals surface area (Å²) in [6.07, 6.45) is -1.32. The molecule has 1 N–H and O–H groups in total. The smallest absolute Gasteiger partial charge is 0.317 e. The SMILES string of the molecule is FC(F)(F)c1ccccc1SC1CCCNCC1. The minimum absolute atomic E-state index is 0.281. The van der Waals surface area contributed by atoms with Crippen molar-refractivity contribution in [2.24, 2.45) is 0 Å². The molecule has 1 fully saturated rings. The third-order valence-electron chi connectivity index (χ3n) is 3.01. The largest absolute Gasteiger partial charge is 0.417 e. The third-order valence-corrected chi connectivity index (χ3v) is 4.42. The van der Waals surface area contributed by atoms with E-state index in [-0.39, 0.29) is 5.25 Å². The van der Waals surface area contributed by atoms with E-state index in [4.69, 9.17) is 0 Å². The van der Waals surface area contributed by atoms with Crippen molar-refractivity contribution >= 4 is 11.8 Å². The van der Waals surface area contributed by atoms with Gasteiger partial charge in [-0.1, -0.05) is 12.1 Å². The first-order chi connectivity index (χ1) is 8.57. The number of thioether (sulfide) groups is 1. The Kier molecular flexibility index (Phi) is 4.56. The lowest BCUT2D eigenvalue weighted by molar-refractivity contribution is -0.139. The molecule has 0 amide bonds. The fraction of sp³-hybridized carbons (Fsp3) is 0.538. The van der Waals surface area contributed by atoms with Gasteiger partial charge in [-0.25, -0.2) is 0 Å². The maximum atomic E-state index is 12.9. The first kappa shape index (κ1) is 13.7. The summed E-state index contributed by atoms with van der Waals surface area (Å²) in [4.78, 5) is 0.358. The first-order valence-electron chi connectivity index (χ1n) is 6.11. The van der Waals surface area contributed by atoms with Crippen molar-refractivity contribution in [3.05, 3.63) is 29.8 Å². The van der Waals surface area contributed by atoms with Crippen LogP contribution in [0.4, 0.5) is 13.2 Å². The topological polar surface area (TPSA) is 12.0 Å². The molecule has 1 unspecified atom stereocenters. The highest BCUT2D eigenvalue weighted by molar-refractivity contribution is 8.00. The fourth-order valence-electron chi connectivity index (χ4n) is 2.09. The third kappa shape index (κ3) is 3.65. The van der Waals surface area contributed by atoms with Gasteiger partial charge in [-0.3, -0.25) is 0 Å². The van der Waals surface area contributed by atoms with Crippen LogP contribution in [0.15, 0.2) is 29.2 Å². The number of alkyl halides is 3. The van der Waals surface area contributed by atoms with E-state index < -0.39 is 11.7 Å². The lowest BCUT2D eigenvalue weighted by Gasteiger charge is -2.17. The summed E-state index contributed by atoms with van der Waals surface area (Å²) in [5.74, 6) is 0. The van der Waals surface area contributed by atoms with Crippen LogP contribution < -0.4 is 5.32 Å². The number of halogens is 3. The minimum Gasteiger partial charge on any atom is -0.317 e. The van der Waals surface area contributed by atoms with Gasteiger partial charge in [-0.2, -0.15) is 13.2 Å². The summed E-state index contributed by atoms with van der Waals surface area (Å²) in [6.45, 7) is 1.86. The van der Waals surface area contributed by atoms with Gasteiger partial charge < -0.3 is 5.32 Å². The Balaban J connectivity index is 2.13. The molecule has 2 rings (SSSR count). The lowest BCUT2D eigenvalue weighted by atomic mass is 10.2. The van der Waals surface area contributed by atoms with Gasteiger partial charge in [0.05, 0.1) is 5.56 Å². The van der Waals surface area contributed by atoms with Crippen LogP contribution in [0.2, 0.25) is 0 Å². The second-order valence-electron chi connectivity index (χ2n) is 4.41. The van der Waals surface area contributed by atoms with Crippen LogP contribution in [0.1, 0.15) is 24.8 Å². The standard InChI is InChI=1S/C13H16F3NS/c14-13(15,16)11-5-1-2-6-12(11)18-10-4-3-8-17-9-7-10/h1-2,5-6,10,17H,3-4,7-9H2. The molecule has 18 heavy (non-hydrogen) atoms. The second kappa shape index (κ2) is 5.97. The zero-order valence-corrected chi connectivity index (χ0v) is 10.8. The second-order valence-corrected chi connectivity index (χ2v) is 5.76. The molecule has 1 aromatic carbocycles. The molecule has 5 heteroatoms. The van der Waals surface area contributed by atoms with Crippen molar-refractivity contribution in [2.75, 3.05) is 13.1 Å². The molecule has 1 nitrogen and oxygen atoms in total. The summed E-state index contributed by atoms with van der Waals surface area (Å²) in [6, 6.07) is 5.86. The molecule has 1 heterocycles. The number of hydrogen-bond donors (Lipinski definition) is 1. The van der Waals surface area contributed by atoms with E-state index in [1.165, 1.54) is 17.8 Å². The normalized spacial score (nSPS) is 21.6. The molecule has 0 aliphatic carbocycles. The van der Waals surface area contributed by atoms with Gasteiger partial charge in [0.25, 0.3) is 0 Å². The van der Waals surface area contributed by atoms with E-state index in [1.807, 2.05) is 0 Å². The predicted molar refractivity (Wildman–Crippen MR) is 67.8 cm³/mol. The van der Waals surface area contributed by atoms with Crippen LogP contribution >= 0.6 is 11.8 Å². The molecule has 0 radical (unpaired) electrons. The molecule has 1 aliphatic heterocycles. The van der Waals surface area contributed by atoms with Crippen molar-refractivity contribution in [3.63, 3.8) is 0 Å². The quantitative estimate of drug-likeness (QED) is 0.877. The van der Waals surface area contributed by atoms with E-state index in [1.54, 1.807) is 12.1 Å². The molecule has 1 atom stereocenters. The summed E-state index contributed by atoms with van der Waals surface area (Å²) < 4.78 is 38.6. The van der Waals surface area contributed by atoms with Crippen LogP contribution in [-0.4, -0.2) is 18.3 Å². The highest BCUT2D eigenvalue weighted by Gasteiger charge is 2.33. The van der Waals surface area contributed by atoms with Crippen molar-refractivity contribution in [1.82, 2.24) is 5.32 Å². The highest BCUT2D eigenvalue weighted by atomic mass is 32.2. The molecular formula is C13H16F3NS. The van der Waals surface area contributed by atoms with Crippen molar-refractivity contribution < 1.29 is 13.2 Å². The Morgan fingerprint density at radius 1 is 1.11 bits per heavy atom. The van der Waals surface area contributed by atoms with Crippen LogP contribution in [0.5, 0.6) is 0 Å². The number of nitrogens with one attached hydrogen (secondary N) is 1. The number of rotatable bonds is 2. The monoisotopic (exact) mass is 275 g/mol. The molecule has 0 aromatic heterocycles. The molecule has 0 bridgehead atoms. The first-order valence-corrected chi connectivity index (χ1v) is 6.99.